The molecule has 0 spiro atoms. The molecule has 0 aromatic heterocycles. The van der Waals surface area contributed by atoms with Crippen LogP contribution in [0.25, 0.3) is 0 Å². The van der Waals surface area contributed by atoms with Crippen molar-refractivity contribution in [1.29, 1.82) is 0 Å². The fraction of sp³-hybridized carbons (Fsp3) is 0.824. The van der Waals surface area contributed by atoms with E-state index in [1.54, 1.807) is 0 Å². The molecule has 126 valence electrons. The summed E-state index contributed by atoms with van der Waals surface area (Å²) in [7, 11) is -1.51. The van der Waals surface area contributed by atoms with Gasteiger partial charge in [0.05, 0.1) is 5.76 Å². The highest BCUT2D eigenvalue weighted by molar-refractivity contribution is 6.70. The second-order valence-corrected chi connectivity index (χ2v) is 13.0. The van der Waals surface area contributed by atoms with E-state index in [-0.39, 0.29) is 6.09 Å². The van der Waals surface area contributed by atoms with Crippen LogP contribution < -0.4 is 0 Å². The molecule has 1 heterocycles. The van der Waals surface area contributed by atoms with E-state index in [0.29, 0.717) is 11.8 Å². The Kier molecular flexibility index (Phi) is 4.95. The lowest BCUT2D eigenvalue weighted by molar-refractivity contribution is 0.0113. The van der Waals surface area contributed by atoms with E-state index in [1.807, 2.05) is 25.7 Å². The van der Waals surface area contributed by atoms with Crippen LogP contribution in [0.3, 0.4) is 0 Å². The third-order valence-electron chi connectivity index (χ3n) is 4.04. The molecule has 4 nitrogen and oxygen atoms in total. The normalized spacial score (nSPS) is 26.1. The van der Waals surface area contributed by atoms with Crippen molar-refractivity contribution in [2.45, 2.75) is 65.3 Å². The monoisotopic (exact) mass is 325 g/mol. The number of nitrogens with zero attached hydrogens (tertiary/aromatic N) is 1. The van der Waals surface area contributed by atoms with E-state index >= 15 is 0 Å². The van der Waals surface area contributed by atoms with Crippen molar-refractivity contribution in [3.8, 4) is 0 Å². The second kappa shape index (κ2) is 6.26. The number of rotatable bonds is 2. The molecule has 0 unspecified atom stereocenters. The Morgan fingerprint density at radius 3 is 2.55 bits per heavy atom. The molecule has 1 amide bonds. The van der Waals surface area contributed by atoms with Crippen LogP contribution in [0, 0.1) is 11.8 Å². The zero-order valence-electron chi connectivity index (χ0n) is 14.9. The molecule has 2 rings (SSSR count). The molecule has 5 heteroatoms. The van der Waals surface area contributed by atoms with Crippen LogP contribution in [-0.4, -0.2) is 38.0 Å². The number of hydrogen-bond donors (Lipinski definition) is 0. The largest absolute Gasteiger partial charge is 0.548 e. The molecule has 22 heavy (non-hydrogen) atoms. The van der Waals surface area contributed by atoms with Crippen LogP contribution in [-0.2, 0) is 9.16 Å². The summed E-state index contributed by atoms with van der Waals surface area (Å²) in [6.45, 7) is 14.0. The van der Waals surface area contributed by atoms with Gasteiger partial charge in [-0.25, -0.2) is 4.79 Å². The van der Waals surface area contributed by atoms with E-state index in [0.717, 1.165) is 32.4 Å². The third-order valence-corrected chi connectivity index (χ3v) is 4.92. The summed E-state index contributed by atoms with van der Waals surface area (Å²) in [5.41, 5.74) is -0.418. The number of allylic oxidation sites excluding steroid dienone is 2. The Morgan fingerprint density at radius 2 is 1.95 bits per heavy atom. The molecular weight excluding hydrogens is 294 g/mol. The molecule has 2 aliphatic rings. The summed E-state index contributed by atoms with van der Waals surface area (Å²) in [5, 5.41) is 0. The predicted molar refractivity (Wildman–Crippen MR) is 91.2 cm³/mol. The van der Waals surface area contributed by atoms with Crippen molar-refractivity contribution in [1.82, 2.24) is 4.90 Å². The van der Waals surface area contributed by atoms with Gasteiger partial charge in [-0.2, -0.15) is 0 Å². The van der Waals surface area contributed by atoms with Gasteiger partial charge in [0.25, 0.3) is 0 Å². The Morgan fingerprint density at radius 1 is 1.27 bits per heavy atom. The maximum atomic E-state index is 12.2. The van der Waals surface area contributed by atoms with E-state index in [1.165, 1.54) is 5.76 Å². The molecule has 0 radical (unpaired) electrons. The molecule has 1 aliphatic heterocycles. The first kappa shape index (κ1) is 17.4. The first-order valence-corrected chi connectivity index (χ1v) is 11.8. The standard InChI is InChI=1S/C17H31NO3Si/c1-17(2,3)20-16(19)18-10-9-13-11-15(21-22(4,5)6)8-7-14(13)12-18/h11,13-14H,7-10,12H2,1-6H3/t13-,14-/m1/s1. The van der Waals surface area contributed by atoms with Gasteiger partial charge in [0, 0.05) is 19.5 Å². The average molecular weight is 326 g/mol. The highest BCUT2D eigenvalue weighted by atomic mass is 28.4. The maximum Gasteiger partial charge on any atom is 0.410 e. The number of carbonyl (C=O) groups excluding carboxylic acids is 1. The fourth-order valence-corrected chi connectivity index (χ4v) is 4.15. The van der Waals surface area contributed by atoms with Crippen LogP contribution >= 0.6 is 0 Å². The van der Waals surface area contributed by atoms with Gasteiger partial charge < -0.3 is 14.1 Å². The van der Waals surface area contributed by atoms with Crippen LogP contribution in [0.5, 0.6) is 0 Å². The Balaban J connectivity index is 1.93. The number of carbonyl (C=O) groups is 1. The summed E-state index contributed by atoms with van der Waals surface area (Å²) in [5.74, 6) is 2.29. The minimum absolute atomic E-state index is 0.168. The smallest absolute Gasteiger partial charge is 0.410 e. The first-order valence-electron chi connectivity index (χ1n) is 8.41. The van der Waals surface area contributed by atoms with Gasteiger partial charge in [0.1, 0.15) is 5.60 Å². The summed E-state index contributed by atoms with van der Waals surface area (Å²) in [6, 6.07) is 0. The van der Waals surface area contributed by atoms with E-state index < -0.39 is 13.9 Å². The van der Waals surface area contributed by atoms with E-state index in [4.69, 9.17) is 9.16 Å². The molecule has 1 aliphatic carbocycles. The minimum atomic E-state index is -1.51. The Labute approximate surface area is 136 Å². The summed E-state index contributed by atoms with van der Waals surface area (Å²) >= 11 is 0. The molecule has 0 bridgehead atoms. The maximum absolute atomic E-state index is 12.2. The van der Waals surface area contributed by atoms with Gasteiger partial charge in [0.2, 0.25) is 8.32 Å². The van der Waals surface area contributed by atoms with Gasteiger partial charge >= 0.3 is 6.09 Å². The molecule has 0 aromatic rings. The quantitative estimate of drug-likeness (QED) is 0.707. The number of piperidine rings is 1. The van der Waals surface area contributed by atoms with E-state index in [9.17, 15) is 4.79 Å². The Hall–Kier alpha value is -0.973. The molecule has 0 aromatic carbocycles. The van der Waals surface area contributed by atoms with Crippen molar-refractivity contribution in [2.75, 3.05) is 13.1 Å². The van der Waals surface area contributed by atoms with Crippen molar-refractivity contribution in [3.63, 3.8) is 0 Å². The number of fused-ring (bicyclic) bond motifs is 1. The highest BCUT2D eigenvalue weighted by Gasteiger charge is 2.35. The SMILES string of the molecule is CC(C)(C)OC(=O)N1CC[C@@H]2C=C(O[Si](C)(C)C)CC[C@@H]2C1. The lowest BCUT2D eigenvalue weighted by atomic mass is 9.78. The van der Waals surface area contributed by atoms with Gasteiger partial charge in [-0.05, 0) is 71.2 Å². The fourth-order valence-electron chi connectivity index (χ4n) is 3.20. The van der Waals surface area contributed by atoms with Crippen LogP contribution in [0.4, 0.5) is 4.79 Å². The molecule has 0 saturated carbocycles. The zero-order chi connectivity index (χ0) is 16.5. The van der Waals surface area contributed by atoms with E-state index in [2.05, 4.69) is 25.7 Å². The van der Waals surface area contributed by atoms with Crippen LogP contribution in [0.2, 0.25) is 19.6 Å². The minimum Gasteiger partial charge on any atom is -0.548 e. The molecular formula is C17H31NO3Si. The molecule has 0 N–H and O–H groups in total. The number of amides is 1. The van der Waals surface area contributed by atoms with Gasteiger partial charge in [-0.3, -0.25) is 0 Å². The van der Waals surface area contributed by atoms with Crippen LogP contribution in [0.1, 0.15) is 40.0 Å². The second-order valence-electron chi connectivity index (χ2n) is 8.53. The molecule has 1 saturated heterocycles. The summed E-state index contributed by atoms with van der Waals surface area (Å²) in [4.78, 5) is 14.1. The zero-order valence-corrected chi connectivity index (χ0v) is 15.9. The third kappa shape index (κ3) is 5.04. The summed E-state index contributed by atoms with van der Waals surface area (Å²) in [6.07, 6.45) is 5.30. The van der Waals surface area contributed by atoms with Gasteiger partial charge in [-0.15, -0.1) is 0 Å². The van der Waals surface area contributed by atoms with Crippen molar-refractivity contribution in [2.24, 2.45) is 11.8 Å². The van der Waals surface area contributed by atoms with Crippen molar-refractivity contribution in [3.05, 3.63) is 11.8 Å². The van der Waals surface area contributed by atoms with Gasteiger partial charge in [-0.1, -0.05) is 0 Å². The first-order chi connectivity index (χ1) is 10.0. The predicted octanol–water partition coefficient (Wildman–Crippen LogP) is 4.39. The average Bonchev–Trinajstić information content (AvgIpc) is 2.34. The van der Waals surface area contributed by atoms with Crippen molar-refractivity contribution < 1.29 is 14.0 Å². The molecule has 2 atom stereocenters. The molecule has 1 fully saturated rings. The van der Waals surface area contributed by atoms with Crippen molar-refractivity contribution >= 4 is 14.4 Å². The lowest BCUT2D eigenvalue weighted by Crippen LogP contribution is -2.46. The van der Waals surface area contributed by atoms with Gasteiger partial charge in [0.15, 0.2) is 0 Å². The number of likely N-dealkylation sites (tertiary alicyclic amines) is 1. The number of ether oxygens (including phenoxy) is 1. The Bertz CT molecular complexity index is 448. The lowest BCUT2D eigenvalue weighted by Gasteiger charge is -2.41. The number of hydrogen-bond acceptors (Lipinski definition) is 3. The topological polar surface area (TPSA) is 38.8 Å². The van der Waals surface area contributed by atoms with Crippen LogP contribution in [0.15, 0.2) is 11.8 Å². The highest BCUT2D eigenvalue weighted by Crippen LogP contribution is 2.36. The summed E-state index contributed by atoms with van der Waals surface area (Å²) < 4.78 is 11.7.